The van der Waals surface area contributed by atoms with Crippen molar-refractivity contribution in [2.24, 2.45) is 5.73 Å². The average molecular weight is 214 g/mol. The minimum Gasteiger partial charge on any atom is -0.456 e. The molecule has 2 aromatic rings. The van der Waals surface area contributed by atoms with Gasteiger partial charge in [-0.3, -0.25) is 4.98 Å². The quantitative estimate of drug-likeness (QED) is 0.854. The van der Waals surface area contributed by atoms with E-state index in [4.69, 9.17) is 10.5 Å². The molecule has 82 valence electrons. The molecule has 0 atom stereocenters. The Bertz CT molecular complexity index is 448. The van der Waals surface area contributed by atoms with E-state index in [1.54, 1.807) is 6.20 Å². The second-order valence-corrected chi connectivity index (χ2v) is 3.60. The number of nitrogens with zero attached hydrogens (tertiary/aromatic N) is 1. The summed E-state index contributed by atoms with van der Waals surface area (Å²) in [5.41, 5.74) is 7.54. The minimum absolute atomic E-state index is 0.449. The second-order valence-electron chi connectivity index (χ2n) is 3.60. The molecule has 3 heteroatoms. The third kappa shape index (κ3) is 2.58. The predicted molar refractivity (Wildman–Crippen MR) is 63.4 cm³/mol. The lowest BCUT2D eigenvalue weighted by molar-refractivity contribution is 0.479. The van der Waals surface area contributed by atoms with Crippen LogP contribution in [-0.4, -0.2) is 4.98 Å². The van der Waals surface area contributed by atoms with Gasteiger partial charge in [0.25, 0.3) is 0 Å². The number of ether oxygens (including phenoxy) is 1. The molecule has 0 unspecified atom stereocenters. The van der Waals surface area contributed by atoms with Crippen LogP contribution in [0, 0.1) is 6.92 Å². The zero-order chi connectivity index (χ0) is 11.4. The van der Waals surface area contributed by atoms with Crippen LogP contribution in [-0.2, 0) is 6.54 Å². The summed E-state index contributed by atoms with van der Waals surface area (Å²) < 4.78 is 5.63. The van der Waals surface area contributed by atoms with Crippen molar-refractivity contribution in [3.8, 4) is 11.5 Å². The number of hydrogen-bond donors (Lipinski definition) is 1. The molecule has 0 saturated carbocycles. The summed E-state index contributed by atoms with van der Waals surface area (Å²) in [7, 11) is 0. The number of hydrogen-bond acceptors (Lipinski definition) is 3. The van der Waals surface area contributed by atoms with Gasteiger partial charge < -0.3 is 10.5 Å². The zero-order valence-electron chi connectivity index (χ0n) is 9.18. The Morgan fingerprint density at radius 2 is 1.75 bits per heavy atom. The zero-order valence-corrected chi connectivity index (χ0v) is 9.18. The van der Waals surface area contributed by atoms with Crippen molar-refractivity contribution in [2.75, 3.05) is 0 Å². The van der Waals surface area contributed by atoms with E-state index < -0.39 is 0 Å². The van der Waals surface area contributed by atoms with Gasteiger partial charge in [-0.2, -0.15) is 0 Å². The summed E-state index contributed by atoms with van der Waals surface area (Å²) >= 11 is 0. The summed E-state index contributed by atoms with van der Waals surface area (Å²) in [5.74, 6) is 1.54. The SMILES string of the molecule is Cc1ccc(Oc2ccc(CN)nc2)cc1. The van der Waals surface area contributed by atoms with Gasteiger partial charge in [-0.05, 0) is 31.2 Å². The molecule has 2 rings (SSSR count). The third-order valence-electron chi connectivity index (χ3n) is 2.26. The Morgan fingerprint density at radius 1 is 1.06 bits per heavy atom. The van der Waals surface area contributed by atoms with Gasteiger partial charge in [-0.1, -0.05) is 17.7 Å². The molecule has 16 heavy (non-hydrogen) atoms. The molecule has 0 fully saturated rings. The standard InChI is InChI=1S/C13H14N2O/c1-10-2-5-12(6-3-10)16-13-7-4-11(8-14)15-9-13/h2-7,9H,8,14H2,1H3. The molecular weight excluding hydrogens is 200 g/mol. The first kappa shape index (κ1) is 10.6. The molecular formula is C13H14N2O. The van der Waals surface area contributed by atoms with Gasteiger partial charge in [0.05, 0.1) is 11.9 Å². The fourth-order valence-corrected chi connectivity index (χ4v) is 1.33. The van der Waals surface area contributed by atoms with Crippen molar-refractivity contribution in [1.29, 1.82) is 0 Å². The minimum atomic E-state index is 0.449. The summed E-state index contributed by atoms with van der Waals surface area (Å²) in [4.78, 5) is 4.16. The first-order valence-electron chi connectivity index (χ1n) is 5.17. The van der Waals surface area contributed by atoms with Crippen LogP contribution in [0.5, 0.6) is 11.5 Å². The van der Waals surface area contributed by atoms with E-state index in [1.807, 2.05) is 43.3 Å². The third-order valence-corrected chi connectivity index (χ3v) is 2.26. The molecule has 0 aliphatic rings. The first-order valence-corrected chi connectivity index (χ1v) is 5.17. The fraction of sp³-hybridized carbons (Fsp3) is 0.154. The molecule has 0 aliphatic carbocycles. The smallest absolute Gasteiger partial charge is 0.145 e. The Labute approximate surface area is 94.9 Å². The average Bonchev–Trinajstić information content (AvgIpc) is 2.33. The van der Waals surface area contributed by atoms with Gasteiger partial charge in [0.15, 0.2) is 0 Å². The van der Waals surface area contributed by atoms with Gasteiger partial charge in [-0.15, -0.1) is 0 Å². The van der Waals surface area contributed by atoms with Crippen molar-refractivity contribution in [2.45, 2.75) is 13.5 Å². The molecule has 0 bridgehead atoms. The van der Waals surface area contributed by atoms with E-state index in [9.17, 15) is 0 Å². The van der Waals surface area contributed by atoms with Crippen molar-refractivity contribution in [1.82, 2.24) is 4.98 Å². The molecule has 0 radical (unpaired) electrons. The Balaban J connectivity index is 2.11. The molecule has 1 aromatic heterocycles. The van der Waals surface area contributed by atoms with Crippen LogP contribution < -0.4 is 10.5 Å². The number of aryl methyl sites for hydroxylation is 1. The number of aromatic nitrogens is 1. The molecule has 0 spiro atoms. The van der Waals surface area contributed by atoms with E-state index >= 15 is 0 Å². The van der Waals surface area contributed by atoms with Crippen molar-refractivity contribution in [3.05, 3.63) is 53.9 Å². The fourth-order valence-electron chi connectivity index (χ4n) is 1.33. The van der Waals surface area contributed by atoms with E-state index in [0.29, 0.717) is 6.54 Å². The van der Waals surface area contributed by atoms with Gasteiger partial charge in [-0.25, -0.2) is 0 Å². The molecule has 1 aromatic carbocycles. The molecule has 0 amide bonds. The molecule has 2 N–H and O–H groups in total. The molecule has 1 heterocycles. The van der Waals surface area contributed by atoms with Gasteiger partial charge >= 0.3 is 0 Å². The van der Waals surface area contributed by atoms with E-state index in [-0.39, 0.29) is 0 Å². The van der Waals surface area contributed by atoms with Gasteiger partial charge in [0.1, 0.15) is 11.5 Å². The van der Waals surface area contributed by atoms with Crippen LogP contribution in [0.3, 0.4) is 0 Å². The van der Waals surface area contributed by atoms with Crippen LogP contribution >= 0.6 is 0 Å². The first-order chi connectivity index (χ1) is 7.78. The second kappa shape index (κ2) is 4.77. The van der Waals surface area contributed by atoms with Crippen molar-refractivity contribution in [3.63, 3.8) is 0 Å². The summed E-state index contributed by atoms with van der Waals surface area (Å²) in [6.45, 7) is 2.49. The Hall–Kier alpha value is -1.87. The maximum absolute atomic E-state index is 5.63. The highest BCUT2D eigenvalue weighted by Crippen LogP contribution is 2.20. The summed E-state index contributed by atoms with van der Waals surface area (Å²) in [6.07, 6.45) is 1.68. The maximum atomic E-state index is 5.63. The predicted octanol–water partition coefficient (Wildman–Crippen LogP) is 2.64. The van der Waals surface area contributed by atoms with Gasteiger partial charge in [0.2, 0.25) is 0 Å². The lowest BCUT2D eigenvalue weighted by Crippen LogP contribution is -1.98. The van der Waals surface area contributed by atoms with Crippen LogP contribution in [0.25, 0.3) is 0 Å². The monoisotopic (exact) mass is 214 g/mol. The van der Waals surface area contributed by atoms with Crippen LogP contribution in [0.4, 0.5) is 0 Å². The number of nitrogens with two attached hydrogens (primary N) is 1. The van der Waals surface area contributed by atoms with E-state index in [1.165, 1.54) is 5.56 Å². The maximum Gasteiger partial charge on any atom is 0.145 e. The van der Waals surface area contributed by atoms with E-state index in [2.05, 4.69) is 4.98 Å². The van der Waals surface area contributed by atoms with Gasteiger partial charge in [0, 0.05) is 6.54 Å². The highest BCUT2D eigenvalue weighted by atomic mass is 16.5. The highest BCUT2D eigenvalue weighted by Gasteiger charge is 1.97. The lowest BCUT2D eigenvalue weighted by atomic mass is 10.2. The van der Waals surface area contributed by atoms with Crippen LogP contribution in [0.1, 0.15) is 11.3 Å². The van der Waals surface area contributed by atoms with E-state index in [0.717, 1.165) is 17.2 Å². The topological polar surface area (TPSA) is 48.1 Å². The lowest BCUT2D eigenvalue weighted by Gasteiger charge is -2.05. The van der Waals surface area contributed by atoms with Crippen molar-refractivity contribution >= 4 is 0 Å². The van der Waals surface area contributed by atoms with Crippen LogP contribution in [0.15, 0.2) is 42.6 Å². The number of benzene rings is 1. The normalized spacial score (nSPS) is 10.1. The van der Waals surface area contributed by atoms with Crippen LogP contribution in [0.2, 0.25) is 0 Å². The molecule has 3 nitrogen and oxygen atoms in total. The summed E-state index contributed by atoms with van der Waals surface area (Å²) in [6, 6.07) is 11.6. The summed E-state index contributed by atoms with van der Waals surface area (Å²) in [5, 5.41) is 0. The molecule has 0 saturated heterocycles. The highest BCUT2D eigenvalue weighted by molar-refractivity contribution is 5.31. The Kier molecular flexibility index (Phi) is 3.17. The largest absolute Gasteiger partial charge is 0.456 e. The number of rotatable bonds is 3. The molecule has 0 aliphatic heterocycles. The Morgan fingerprint density at radius 3 is 2.31 bits per heavy atom. The number of pyridine rings is 1. The van der Waals surface area contributed by atoms with Crippen molar-refractivity contribution < 1.29 is 4.74 Å².